The predicted octanol–water partition coefficient (Wildman–Crippen LogP) is 5.06. The second kappa shape index (κ2) is 12.9. The summed E-state index contributed by atoms with van der Waals surface area (Å²) in [7, 11) is 0. The number of rotatable bonds is 11. The van der Waals surface area contributed by atoms with Crippen LogP contribution >= 0.6 is 11.6 Å². The third kappa shape index (κ3) is 6.39. The zero-order valence-electron chi connectivity index (χ0n) is 21.7. The highest BCUT2D eigenvalue weighted by Crippen LogP contribution is 2.25. The summed E-state index contributed by atoms with van der Waals surface area (Å²) >= 11 is 4.57. The van der Waals surface area contributed by atoms with E-state index in [0.29, 0.717) is 45.8 Å². The number of carbonyl (C=O) groups is 1. The first-order valence-electron chi connectivity index (χ1n) is 12.8. The van der Waals surface area contributed by atoms with Gasteiger partial charge in [-0.3, -0.25) is 9.36 Å². The predicted molar refractivity (Wildman–Crippen MR) is 153 cm³/mol. The topological polar surface area (TPSA) is 137 Å². The van der Waals surface area contributed by atoms with Crippen molar-refractivity contribution in [3.8, 4) is 11.4 Å². The van der Waals surface area contributed by atoms with E-state index in [0.717, 1.165) is 29.8 Å². The Balaban J connectivity index is 1.42. The first-order chi connectivity index (χ1) is 19.5. The molecule has 10 nitrogen and oxygen atoms in total. The molecule has 0 fully saturated rings. The summed E-state index contributed by atoms with van der Waals surface area (Å²) in [4.78, 5) is 13.4. The van der Waals surface area contributed by atoms with Gasteiger partial charge in [0, 0.05) is 39.4 Å². The quantitative estimate of drug-likeness (QED) is 0.210. The molecular weight excluding hydrogens is 548 g/mol. The molecule has 0 aliphatic heterocycles. The molecule has 0 spiro atoms. The number of anilines is 1. The van der Waals surface area contributed by atoms with Crippen molar-refractivity contribution in [1.82, 2.24) is 35.4 Å². The van der Waals surface area contributed by atoms with Crippen LogP contribution in [-0.4, -0.2) is 45.8 Å². The minimum absolute atomic E-state index is 0.286. The lowest BCUT2D eigenvalue weighted by molar-refractivity contribution is 0.102. The molecule has 0 saturated heterocycles. The summed E-state index contributed by atoms with van der Waals surface area (Å²) in [6.45, 7) is 2.45. The van der Waals surface area contributed by atoms with Gasteiger partial charge in [-0.05, 0) is 46.7 Å². The van der Waals surface area contributed by atoms with Crippen LogP contribution in [0.3, 0.4) is 0 Å². The Kier molecular flexibility index (Phi) is 8.84. The van der Waals surface area contributed by atoms with Crippen molar-refractivity contribution in [3.63, 3.8) is 0 Å². The molecule has 1 amide bonds. The number of H-pyrrole nitrogens is 1. The molecule has 2 N–H and O–H groups in total. The Morgan fingerprint density at radius 2 is 1.80 bits per heavy atom. The number of carbonyl (C=O) groups excluding carboxylic acids is 1. The van der Waals surface area contributed by atoms with Crippen molar-refractivity contribution < 1.29 is 9.35 Å². The van der Waals surface area contributed by atoms with E-state index in [4.69, 9.17) is 11.6 Å². The summed E-state index contributed by atoms with van der Waals surface area (Å²) in [5.74, 6) is 1.14. The molecule has 12 heteroatoms. The number of aromatic amines is 1. The number of hydrogen-bond acceptors (Lipinski definition) is 7. The van der Waals surface area contributed by atoms with Crippen LogP contribution in [0.15, 0.2) is 78.0 Å². The molecule has 5 aromatic rings. The Hall–Kier alpha value is -4.06. The first-order valence-corrected chi connectivity index (χ1v) is 14.5. The molecule has 5 rings (SSSR count). The van der Waals surface area contributed by atoms with E-state index in [-0.39, 0.29) is 11.7 Å². The van der Waals surface area contributed by atoms with Gasteiger partial charge in [0.25, 0.3) is 5.91 Å². The normalized spacial score (nSPS) is 11.9. The maximum atomic E-state index is 13.5. The minimum Gasteiger partial charge on any atom is -0.609 e. The Labute approximate surface area is 239 Å². The van der Waals surface area contributed by atoms with Gasteiger partial charge in [0.15, 0.2) is 5.82 Å². The van der Waals surface area contributed by atoms with Crippen LogP contribution in [-0.2, 0) is 29.9 Å². The van der Waals surface area contributed by atoms with Crippen LogP contribution in [0.4, 0.5) is 5.69 Å². The minimum atomic E-state index is -1.44. The molecule has 1 unspecified atom stereocenters. The Morgan fingerprint density at radius 3 is 2.58 bits per heavy atom. The van der Waals surface area contributed by atoms with E-state index >= 15 is 0 Å². The van der Waals surface area contributed by atoms with Crippen LogP contribution in [0.2, 0.25) is 5.02 Å². The fraction of sp³-hybridized carbons (Fsp3) is 0.214. The molecule has 0 radical (unpaired) electrons. The number of halogens is 1. The van der Waals surface area contributed by atoms with Crippen LogP contribution < -0.4 is 5.32 Å². The maximum Gasteiger partial charge on any atom is 0.343 e. The van der Waals surface area contributed by atoms with E-state index < -0.39 is 11.2 Å². The number of benzene rings is 3. The van der Waals surface area contributed by atoms with Crippen molar-refractivity contribution >= 4 is 34.4 Å². The largest absolute Gasteiger partial charge is 0.609 e. The SMILES string of the molecule is CCCCc1nnc([S+]([O-])Cc2ccc(Cl)cc2)n1Cc1ccccc1NC(=O)c1ccccc1-c1nnn[nH]1. The molecule has 0 aliphatic rings. The Bertz CT molecular complexity index is 1570. The second-order valence-electron chi connectivity index (χ2n) is 9.11. The number of tetrazole rings is 1. The number of aromatic nitrogens is 7. The molecule has 0 bridgehead atoms. The highest BCUT2D eigenvalue weighted by atomic mass is 35.5. The fourth-order valence-electron chi connectivity index (χ4n) is 4.26. The molecule has 0 saturated carbocycles. The standard InChI is InChI=1S/C28H27ClN8O2S/c1-2-3-12-25-31-34-28(40(39)18-19-13-15-21(29)16-14-19)37(25)17-20-8-4-7-11-24(20)30-27(38)23-10-6-5-9-22(23)26-32-35-36-33-26/h4-11,13-16H,2-3,12,17-18H2,1H3,(H,30,38)(H,32,33,35,36). The lowest BCUT2D eigenvalue weighted by Crippen LogP contribution is -2.18. The number of amides is 1. The number of hydrogen-bond donors (Lipinski definition) is 2. The summed E-state index contributed by atoms with van der Waals surface area (Å²) in [5.41, 5.74) is 3.36. The van der Waals surface area contributed by atoms with Gasteiger partial charge in [-0.2, -0.15) is 0 Å². The van der Waals surface area contributed by atoms with Gasteiger partial charge in [-0.25, -0.2) is 5.10 Å². The number of para-hydroxylation sites is 1. The summed E-state index contributed by atoms with van der Waals surface area (Å²) < 4.78 is 15.4. The fourth-order valence-corrected chi connectivity index (χ4v) is 5.56. The van der Waals surface area contributed by atoms with Gasteiger partial charge < -0.3 is 9.87 Å². The van der Waals surface area contributed by atoms with E-state index in [1.54, 1.807) is 30.3 Å². The van der Waals surface area contributed by atoms with Crippen LogP contribution in [0.25, 0.3) is 11.4 Å². The number of nitrogens with one attached hydrogen (secondary N) is 2. The average molecular weight is 575 g/mol. The highest BCUT2D eigenvalue weighted by Gasteiger charge is 2.25. The summed E-state index contributed by atoms with van der Waals surface area (Å²) in [6, 6.07) is 21.9. The van der Waals surface area contributed by atoms with E-state index in [1.807, 2.05) is 47.0 Å². The van der Waals surface area contributed by atoms with Gasteiger partial charge in [0.2, 0.25) is 0 Å². The zero-order valence-corrected chi connectivity index (χ0v) is 23.3. The van der Waals surface area contributed by atoms with E-state index in [9.17, 15) is 9.35 Å². The molecule has 1 atom stereocenters. The van der Waals surface area contributed by atoms with Crippen LogP contribution in [0.5, 0.6) is 0 Å². The molecule has 0 aliphatic carbocycles. The average Bonchev–Trinajstić information content (AvgIpc) is 3.65. The highest BCUT2D eigenvalue weighted by molar-refractivity contribution is 7.90. The smallest absolute Gasteiger partial charge is 0.343 e. The summed E-state index contributed by atoms with van der Waals surface area (Å²) in [5, 5.41) is 26.7. The molecule has 40 heavy (non-hydrogen) atoms. The van der Waals surface area contributed by atoms with Gasteiger partial charge in [0.05, 0.1) is 12.1 Å². The number of unbranched alkanes of at least 4 members (excludes halogenated alkanes) is 1. The maximum absolute atomic E-state index is 13.5. The van der Waals surface area contributed by atoms with Crippen LogP contribution in [0.1, 0.15) is 47.1 Å². The lowest BCUT2D eigenvalue weighted by atomic mass is 10.1. The molecule has 2 aromatic heterocycles. The Morgan fingerprint density at radius 1 is 1.02 bits per heavy atom. The van der Waals surface area contributed by atoms with E-state index in [2.05, 4.69) is 43.1 Å². The van der Waals surface area contributed by atoms with Gasteiger partial charge >= 0.3 is 5.16 Å². The second-order valence-corrected chi connectivity index (χ2v) is 10.9. The molecule has 3 aromatic carbocycles. The first kappa shape index (κ1) is 27.5. The van der Waals surface area contributed by atoms with Crippen molar-refractivity contribution in [2.24, 2.45) is 0 Å². The monoisotopic (exact) mass is 574 g/mol. The molecule has 2 heterocycles. The van der Waals surface area contributed by atoms with Crippen molar-refractivity contribution in [3.05, 3.63) is 100 Å². The summed E-state index contributed by atoms with van der Waals surface area (Å²) in [6.07, 6.45) is 2.62. The third-order valence-corrected chi connectivity index (χ3v) is 7.89. The zero-order chi connectivity index (χ0) is 27.9. The molecule has 204 valence electrons. The third-order valence-electron chi connectivity index (χ3n) is 6.33. The van der Waals surface area contributed by atoms with E-state index in [1.165, 1.54) is 0 Å². The van der Waals surface area contributed by atoms with Crippen LogP contribution in [0, 0.1) is 0 Å². The van der Waals surface area contributed by atoms with Gasteiger partial charge in [-0.15, -0.1) is 10.2 Å². The number of nitrogens with zero attached hydrogens (tertiary/aromatic N) is 6. The number of aryl methyl sites for hydroxylation is 1. The lowest BCUT2D eigenvalue weighted by Gasteiger charge is -2.16. The van der Waals surface area contributed by atoms with Crippen molar-refractivity contribution in [2.45, 2.75) is 43.6 Å². The van der Waals surface area contributed by atoms with Gasteiger partial charge in [-0.1, -0.05) is 78.6 Å². The van der Waals surface area contributed by atoms with Crippen molar-refractivity contribution in [2.75, 3.05) is 5.32 Å². The van der Waals surface area contributed by atoms with Crippen molar-refractivity contribution in [1.29, 1.82) is 0 Å². The van der Waals surface area contributed by atoms with Gasteiger partial charge in [0.1, 0.15) is 11.6 Å². The molecular formula is C28H27ClN8O2S.